The van der Waals surface area contributed by atoms with Crippen molar-refractivity contribution >= 4 is 34.3 Å². The molecule has 0 N–H and O–H groups in total. The lowest BCUT2D eigenvalue weighted by Gasteiger charge is -2.29. The number of hydrogen-bond donors (Lipinski definition) is 0. The first-order valence-corrected chi connectivity index (χ1v) is 11.4. The second-order valence-electron chi connectivity index (χ2n) is 7.59. The molecule has 5 nitrogen and oxygen atoms in total. The van der Waals surface area contributed by atoms with E-state index in [1.54, 1.807) is 30.3 Å². The summed E-state index contributed by atoms with van der Waals surface area (Å²) in [5.74, 6) is -0.278. The summed E-state index contributed by atoms with van der Waals surface area (Å²) < 4.78 is 14.9. The van der Waals surface area contributed by atoms with Gasteiger partial charge in [-0.25, -0.2) is 9.37 Å². The SMILES string of the molecule is O=C(CSc1nc2ccccc2c(=O)n1-c1ccc(F)cc1)N1CCCc2ccccc21. The molecule has 0 saturated heterocycles. The van der Waals surface area contributed by atoms with E-state index in [4.69, 9.17) is 0 Å². The number of benzene rings is 3. The van der Waals surface area contributed by atoms with Crippen LogP contribution in [-0.2, 0) is 11.2 Å². The number of rotatable bonds is 4. The molecule has 5 rings (SSSR count). The molecule has 0 saturated carbocycles. The van der Waals surface area contributed by atoms with E-state index in [9.17, 15) is 14.0 Å². The third kappa shape index (κ3) is 3.80. The van der Waals surface area contributed by atoms with E-state index in [0.717, 1.165) is 18.5 Å². The fourth-order valence-corrected chi connectivity index (χ4v) is 4.91. The number of carbonyl (C=O) groups is 1. The lowest BCUT2D eigenvalue weighted by Crippen LogP contribution is -2.36. The van der Waals surface area contributed by atoms with Gasteiger partial charge >= 0.3 is 0 Å². The van der Waals surface area contributed by atoms with Crippen molar-refractivity contribution in [2.75, 3.05) is 17.2 Å². The minimum atomic E-state index is -0.385. The molecule has 2 heterocycles. The van der Waals surface area contributed by atoms with Crippen LogP contribution in [0.15, 0.2) is 82.7 Å². The monoisotopic (exact) mass is 445 g/mol. The van der Waals surface area contributed by atoms with E-state index in [0.29, 0.717) is 28.3 Å². The van der Waals surface area contributed by atoms with Crippen LogP contribution in [0, 0.1) is 5.82 Å². The normalized spacial score (nSPS) is 13.2. The molecule has 1 amide bonds. The molecule has 4 aromatic rings. The smallest absolute Gasteiger partial charge is 0.266 e. The number of halogens is 1. The molecule has 0 aliphatic carbocycles. The number of hydrogen-bond acceptors (Lipinski definition) is 4. The zero-order valence-corrected chi connectivity index (χ0v) is 18.0. The molecule has 3 aromatic carbocycles. The highest BCUT2D eigenvalue weighted by molar-refractivity contribution is 7.99. The molecule has 0 spiro atoms. The fourth-order valence-electron chi connectivity index (χ4n) is 4.02. The van der Waals surface area contributed by atoms with Crippen LogP contribution in [0.25, 0.3) is 16.6 Å². The van der Waals surface area contributed by atoms with Gasteiger partial charge in [-0.15, -0.1) is 0 Å². The largest absolute Gasteiger partial charge is 0.311 e. The van der Waals surface area contributed by atoms with Gasteiger partial charge in [0.25, 0.3) is 5.56 Å². The van der Waals surface area contributed by atoms with Gasteiger partial charge < -0.3 is 4.90 Å². The number of amides is 1. The van der Waals surface area contributed by atoms with Gasteiger partial charge in [-0.05, 0) is 60.9 Å². The van der Waals surface area contributed by atoms with E-state index in [-0.39, 0.29) is 23.0 Å². The van der Waals surface area contributed by atoms with Crippen LogP contribution in [0.1, 0.15) is 12.0 Å². The predicted molar refractivity (Wildman–Crippen MR) is 125 cm³/mol. The van der Waals surface area contributed by atoms with Gasteiger partial charge in [0.2, 0.25) is 5.91 Å². The molecular weight excluding hydrogens is 425 g/mol. The predicted octanol–water partition coefficient (Wildman–Crippen LogP) is 4.60. The molecule has 1 aliphatic rings. The summed E-state index contributed by atoms with van der Waals surface area (Å²) in [5.41, 5.74) is 2.94. The van der Waals surface area contributed by atoms with Gasteiger partial charge in [-0.3, -0.25) is 14.2 Å². The Morgan fingerprint density at radius 3 is 2.59 bits per heavy atom. The number of aryl methyl sites for hydroxylation is 1. The summed E-state index contributed by atoms with van der Waals surface area (Å²) in [6.07, 6.45) is 1.88. The molecule has 0 radical (unpaired) electrons. The highest BCUT2D eigenvalue weighted by Crippen LogP contribution is 2.28. The van der Waals surface area contributed by atoms with Crippen LogP contribution in [0.5, 0.6) is 0 Å². The average Bonchev–Trinajstić information content (AvgIpc) is 2.83. The van der Waals surface area contributed by atoms with E-state index < -0.39 is 0 Å². The Morgan fingerprint density at radius 2 is 1.75 bits per heavy atom. The fraction of sp³-hybridized carbons (Fsp3) is 0.160. The number of aromatic nitrogens is 2. The first-order chi connectivity index (χ1) is 15.6. The van der Waals surface area contributed by atoms with Crippen molar-refractivity contribution < 1.29 is 9.18 Å². The van der Waals surface area contributed by atoms with Crippen LogP contribution in [0.3, 0.4) is 0 Å². The molecule has 0 unspecified atom stereocenters. The molecule has 160 valence electrons. The summed E-state index contributed by atoms with van der Waals surface area (Å²) in [6, 6.07) is 20.7. The number of thioether (sulfide) groups is 1. The molecular formula is C25H20FN3O2S. The summed E-state index contributed by atoms with van der Waals surface area (Å²) in [7, 11) is 0. The van der Waals surface area contributed by atoms with E-state index in [1.165, 1.54) is 34.0 Å². The highest BCUT2D eigenvalue weighted by Gasteiger charge is 2.23. The Balaban J connectivity index is 1.50. The van der Waals surface area contributed by atoms with Gasteiger partial charge in [-0.2, -0.15) is 0 Å². The van der Waals surface area contributed by atoms with Crippen molar-refractivity contribution in [2.45, 2.75) is 18.0 Å². The van der Waals surface area contributed by atoms with Crippen molar-refractivity contribution in [3.8, 4) is 5.69 Å². The van der Waals surface area contributed by atoms with Crippen molar-refractivity contribution in [1.29, 1.82) is 0 Å². The number of para-hydroxylation sites is 2. The molecule has 0 atom stereocenters. The number of carbonyl (C=O) groups excluding carboxylic acids is 1. The Bertz CT molecular complexity index is 1370. The van der Waals surface area contributed by atoms with Gasteiger partial charge in [0.1, 0.15) is 5.82 Å². The standard InChI is InChI=1S/C25H20FN3O2S/c26-18-11-13-19(14-12-18)29-24(31)20-8-2-3-9-21(20)27-25(29)32-16-23(30)28-15-5-7-17-6-1-4-10-22(17)28/h1-4,6,8-14H,5,7,15-16H2. The summed E-state index contributed by atoms with van der Waals surface area (Å²) in [6.45, 7) is 0.673. The van der Waals surface area contributed by atoms with Gasteiger partial charge in [0.15, 0.2) is 5.16 Å². The Kier molecular flexibility index (Phi) is 5.49. The first-order valence-electron chi connectivity index (χ1n) is 10.4. The molecule has 7 heteroatoms. The molecule has 0 fully saturated rings. The van der Waals surface area contributed by atoms with Crippen LogP contribution in [0.2, 0.25) is 0 Å². The number of nitrogens with zero attached hydrogens (tertiary/aromatic N) is 3. The minimum absolute atomic E-state index is 0.0322. The molecule has 1 aromatic heterocycles. The Morgan fingerprint density at radius 1 is 1.00 bits per heavy atom. The second kappa shape index (κ2) is 8.59. The van der Waals surface area contributed by atoms with Crippen molar-refractivity contribution in [1.82, 2.24) is 9.55 Å². The van der Waals surface area contributed by atoms with Crippen LogP contribution >= 0.6 is 11.8 Å². The minimum Gasteiger partial charge on any atom is -0.311 e. The van der Waals surface area contributed by atoms with Crippen molar-refractivity contribution in [3.63, 3.8) is 0 Å². The van der Waals surface area contributed by atoms with Crippen LogP contribution < -0.4 is 10.5 Å². The average molecular weight is 446 g/mol. The van der Waals surface area contributed by atoms with Gasteiger partial charge in [0, 0.05) is 12.2 Å². The lowest BCUT2D eigenvalue weighted by molar-refractivity contribution is -0.116. The topological polar surface area (TPSA) is 55.2 Å². The van der Waals surface area contributed by atoms with Crippen molar-refractivity contribution in [2.24, 2.45) is 0 Å². The second-order valence-corrected chi connectivity index (χ2v) is 8.54. The summed E-state index contributed by atoms with van der Waals surface area (Å²) >= 11 is 1.22. The zero-order chi connectivity index (χ0) is 22.1. The third-order valence-corrected chi connectivity index (χ3v) is 6.49. The van der Waals surface area contributed by atoms with Crippen LogP contribution in [-0.4, -0.2) is 27.8 Å². The van der Waals surface area contributed by atoms with Gasteiger partial charge in [0.05, 0.1) is 22.3 Å². The maximum absolute atomic E-state index is 13.5. The van der Waals surface area contributed by atoms with Crippen LogP contribution in [0.4, 0.5) is 10.1 Å². The first kappa shape index (κ1) is 20.5. The zero-order valence-electron chi connectivity index (χ0n) is 17.2. The molecule has 1 aliphatic heterocycles. The maximum atomic E-state index is 13.5. The summed E-state index contributed by atoms with van der Waals surface area (Å²) in [4.78, 5) is 32.9. The van der Waals surface area contributed by atoms with E-state index in [2.05, 4.69) is 11.1 Å². The summed E-state index contributed by atoms with van der Waals surface area (Å²) in [5, 5.41) is 0.872. The quantitative estimate of drug-likeness (QED) is 0.340. The molecule has 0 bridgehead atoms. The van der Waals surface area contributed by atoms with E-state index in [1.807, 2.05) is 29.2 Å². The third-order valence-electron chi connectivity index (χ3n) is 5.57. The maximum Gasteiger partial charge on any atom is 0.266 e. The van der Waals surface area contributed by atoms with Crippen molar-refractivity contribution in [3.05, 3.63) is 94.5 Å². The lowest BCUT2D eigenvalue weighted by atomic mass is 10.0. The Hall–Kier alpha value is -3.45. The number of anilines is 1. The van der Waals surface area contributed by atoms with Gasteiger partial charge in [-0.1, -0.05) is 42.1 Å². The molecule has 32 heavy (non-hydrogen) atoms. The number of fused-ring (bicyclic) bond motifs is 2. The van der Waals surface area contributed by atoms with E-state index >= 15 is 0 Å². The Labute approximate surface area is 188 Å². The highest BCUT2D eigenvalue weighted by atomic mass is 32.2.